The molecular weight excluding hydrogens is 285 g/mol. The SMILES string of the molecule is CC(Nc1ccc(C(F)(F)F)nc1)c1cc(O)ccc1O. The maximum atomic E-state index is 12.4. The predicted octanol–water partition coefficient (Wildman–Crippen LogP) is 3.68. The Hall–Kier alpha value is -2.44. The zero-order valence-electron chi connectivity index (χ0n) is 11.0. The van der Waals surface area contributed by atoms with Crippen molar-refractivity contribution in [1.82, 2.24) is 4.98 Å². The number of anilines is 1. The number of benzene rings is 1. The zero-order valence-corrected chi connectivity index (χ0v) is 11.0. The number of phenolic OH excluding ortho intramolecular Hbond substituents is 2. The van der Waals surface area contributed by atoms with Gasteiger partial charge in [-0.15, -0.1) is 0 Å². The monoisotopic (exact) mass is 298 g/mol. The van der Waals surface area contributed by atoms with Crippen LogP contribution in [0.25, 0.3) is 0 Å². The fourth-order valence-electron chi connectivity index (χ4n) is 1.86. The Labute approximate surface area is 118 Å². The van der Waals surface area contributed by atoms with Gasteiger partial charge in [0.1, 0.15) is 17.2 Å². The molecule has 0 aliphatic carbocycles. The van der Waals surface area contributed by atoms with Crippen LogP contribution >= 0.6 is 0 Å². The van der Waals surface area contributed by atoms with Gasteiger partial charge in [0.05, 0.1) is 17.9 Å². The Morgan fingerprint density at radius 2 is 1.86 bits per heavy atom. The number of nitrogens with one attached hydrogen (secondary N) is 1. The molecule has 1 atom stereocenters. The molecule has 1 aromatic carbocycles. The quantitative estimate of drug-likeness (QED) is 0.756. The van der Waals surface area contributed by atoms with Gasteiger partial charge in [-0.1, -0.05) is 0 Å². The van der Waals surface area contributed by atoms with Gasteiger partial charge in [0, 0.05) is 5.56 Å². The lowest BCUT2D eigenvalue weighted by Gasteiger charge is -2.17. The molecule has 4 nitrogen and oxygen atoms in total. The van der Waals surface area contributed by atoms with Gasteiger partial charge in [0.2, 0.25) is 0 Å². The Morgan fingerprint density at radius 3 is 2.43 bits per heavy atom. The minimum absolute atomic E-state index is 0.0120. The molecule has 0 aliphatic rings. The summed E-state index contributed by atoms with van der Waals surface area (Å²) in [7, 11) is 0. The molecule has 0 amide bonds. The summed E-state index contributed by atoms with van der Waals surface area (Å²) in [4.78, 5) is 3.34. The van der Waals surface area contributed by atoms with E-state index in [0.29, 0.717) is 11.3 Å². The van der Waals surface area contributed by atoms with Crippen LogP contribution in [0, 0.1) is 0 Å². The van der Waals surface area contributed by atoms with Crippen molar-refractivity contribution in [2.45, 2.75) is 19.1 Å². The minimum atomic E-state index is -4.48. The first-order valence-electron chi connectivity index (χ1n) is 6.09. The number of hydrogen-bond acceptors (Lipinski definition) is 4. The maximum Gasteiger partial charge on any atom is 0.433 e. The third-order valence-electron chi connectivity index (χ3n) is 2.91. The summed E-state index contributed by atoms with van der Waals surface area (Å²) in [6, 6.07) is 5.77. The number of nitrogens with zero attached hydrogens (tertiary/aromatic N) is 1. The lowest BCUT2D eigenvalue weighted by molar-refractivity contribution is -0.141. The van der Waals surface area contributed by atoms with Gasteiger partial charge in [0.25, 0.3) is 0 Å². The van der Waals surface area contributed by atoms with Crippen LogP contribution in [-0.2, 0) is 6.18 Å². The number of halogens is 3. The Kier molecular flexibility index (Phi) is 3.93. The third kappa shape index (κ3) is 3.56. The topological polar surface area (TPSA) is 65.4 Å². The smallest absolute Gasteiger partial charge is 0.433 e. The molecule has 7 heteroatoms. The highest BCUT2D eigenvalue weighted by molar-refractivity contribution is 5.48. The summed E-state index contributed by atoms with van der Waals surface area (Å²) in [5.41, 5.74) is -0.172. The van der Waals surface area contributed by atoms with E-state index in [1.54, 1.807) is 6.92 Å². The molecule has 0 fully saturated rings. The second-order valence-electron chi connectivity index (χ2n) is 4.54. The van der Waals surface area contributed by atoms with E-state index in [1.165, 1.54) is 24.3 Å². The molecule has 3 N–H and O–H groups in total. The van der Waals surface area contributed by atoms with Crippen LogP contribution in [0.4, 0.5) is 18.9 Å². The largest absolute Gasteiger partial charge is 0.508 e. The molecule has 0 spiro atoms. The highest BCUT2D eigenvalue weighted by Crippen LogP contribution is 2.31. The lowest BCUT2D eigenvalue weighted by atomic mass is 10.1. The van der Waals surface area contributed by atoms with Crippen molar-refractivity contribution < 1.29 is 23.4 Å². The number of aromatic nitrogens is 1. The van der Waals surface area contributed by atoms with E-state index in [2.05, 4.69) is 10.3 Å². The van der Waals surface area contributed by atoms with E-state index in [1.807, 2.05) is 0 Å². The van der Waals surface area contributed by atoms with Crippen molar-refractivity contribution >= 4 is 5.69 Å². The van der Waals surface area contributed by atoms with Crippen LogP contribution in [0.3, 0.4) is 0 Å². The Bertz CT molecular complexity index is 627. The van der Waals surface area contributed by atoms with Crippen molar-refractivity contribution in [3.63, 3.8) is 0 Å². The average molecular weight is 298 g/mol. The molecular formula is C14H13F3N2O2. The predicted molar refractivity (Wildman–Crippen MR) is 71.0 cm³/mol. The van der Waals surface area contributed by atoms with Crippen LogP contribution in [0.15, 0.2) is 36.5 Å². The van der Waals surface area contributed by atoms with Crippen molar-refractivity contribution in [3.05, 3.63) is 47.8 Å². The molecule has 0 saturated heterocycles. The molecule has 0 saturated carbocycles. The van der Waals surface area contributed by atoms with Crippen LogP contribution in [0.1, 0.15) is 24.2 Å². The van der Waals surface area contributed by atoms with Gasteiger partial charge >= 0.3 is 6.18 Å². The highest BCUT2D eigenvalue weighted by Gasteiger charge is 2.32. The number of rotatable bonds is 3. The zero-order chi connectivity index (χ0) is 15.6. The summed E-state index contributed by atoms with van der Waals surface area (Å²) in [5, 5.41) is 22.0. The molecule has 1 unspecified atom stereocenters. The van der Waals surface area contributed by atoms with Crippen LogP contribution in [0.5, 0.6) is 11.5 Å². The summed E-state index contributed by atoms with van der Waals surface area (Å²) in [6.07, 6.45) is -3.41. The van der Waals surface area contributed by atoms with Crippen LogP contribution in [-0.4, -0.2) is 15.2 Å². The standard InChI is InChI=1S/C14H13F3N2O2/c1-8(11-6-10(20)3-4-12(11)21)19-9-2-5-13(18-7-9)14(15,16)17/h2-8,19-21H,1H3. The first-order chi connectivity index (χ1) is 9.77. The van der Waals surface area contributed by atoms with Crippen LogP contribution in [0.2, 0.25) is 0 Å². The maximum absolute atomic E-state index is 12.4. The summed E-state index contributed by atoms with van der Waals surface area (Å²) < 4.78 is 37.2. The van der Waals surface area contributed by atoms with Crippen molar-refractivity contribution in [2.24, 2.45) is 0 Å². The average Bonchev–Trinajstić information content (AvgIpc) is 2.41. The number of pyridine rings is 1. The summed E-state index contributed by atoms with van der Waals surface area (Å²) in [5.74, 6) is -0.0327. The Morgan fingerprint density at radius 1 is 1.14 bits per heavy atom. The van der Waals surface area contributed by atoms with E-state index < -0.39 is 17.9 Å². The third-order valence-corrected chi connectivity index (χ3v) is 2.91. The number of phenols is 2. The van der Waals surface area contributed by atoms with Crippen molar-refractivity contribution in [2.75, 3.05) is 5.32 Å². The van der Waals surface area contributed by atoms with E-state index in [9.17, 15) is 23.4 Å². The van der Waals surface area contributed by atoms with E-state index in [-0.39, 0.29) is 11.5 Å². The molecule has 0 aliphatic heterocycles. The normalized spacial score (nSPS) is 13.0. The van der Waals surface area contributed by atoms with E-state index in [0.717, 1.165) is 12.3 Å². The van der Waals surface area contributed by atoms with Gasteiger partial charge in [-0.05, 0) is 37.3 Å². The molecule has 1 aromatic heterocycles. The van der Waals surface area contributed by atoms with E-state index >= 15 is 0 Å². The van der Waals surface area contributed by atoms with Gasteiger partial charge in [-0.2, -0.15) is 13.2 Å². The fourth-order valence-corrected chi connectivity index (χ4v) is 1.86. The van der Waals surface area contributed by atoms with Crippen LogP contribution < -0.4 is 5.32 Å². The summed E-state index contributed by atoms with van der Waals surface area (Å²) >= 11 is 0. The molecule has 112 valence electrons. The minimum Gasteiger partial charge on any atom is -0.508 e. The molecule has 21 heavy (non-hydrogen) atoms. The molecule has 2 aromatic rings. The first kappa shape index (κ1) is 15.0. The second kappa shape index (κ2) is 5.51. The first-order valence-corrected chi connectivity index (χ1v) is 6.09. The number of hydrogen-bond donors (Lipinski definition) is 3. The fraction of sp³-hybridized carbons (Fsp3) is 0.214. The van der Waals surface area contributed by atoms with Gasteiger partial charge < -0.3 is 15.5 Å². The molecule has 0 bridgehead atoms. The molecule has 2 rings (SSSR count). The highest BCUT2D eigenvalue weighted by atomic mass is 19.4. The molecule has 0 radical (unpaired) electrons. The summed E-state index contributed by atoms with van der Waals surface area (Å²) in [6.45, 7) is 1.70. The Balaban J connectivity index is 2.16. The number of alkyl halides is 3. The van der Waals surface area contributed by atoms with Gasteiger partial charge in [-0.25, -0.2) is 4.98 Å². The second-order valence-corrected chi connectivity index (χ2v) is 4.54. The van der Waals surface area contributed by atoms with Gasteiger partial charge in [0.15, 0.2) is 0 Å². The lowest BCUT2D eigenvalue weighted by Crippen LogP contribution is -2.10. The van der Waals surface area contributed by atoms with Gasteiger partial charge in [-0.3, -0.25) is 0 Å². The van der Waals surface area contributed by atoms with Crippen molar-refractivity contribution in [1.29, 1.82) is 0 Å². The van der Waals surface area contributed by atoms with Crippen molar-refractivity contribution in [3.8, 4) is 11.5 Å². The number of aromatic hydroxyl groups is 2. The van der Waals surface area contributed by atoms with E-state index in [4.69, 9.17) is 0 Å². The molecule has 1 heterocycles.